The highest BCUT2D eigenvalue weighted by Gasteiger charge is 2.22. The van der Waals surface area contributed by atoms with E-state index in [1.807, 2.05) is 6.07 Å². The number of anilines is 2. The van der Waals surface area contributed by atoms with E-state index in [1.54, 1.807) is 18.2 Å². The van der Waals surface area contributed by atoms with Crippen LogP contribution in [0.15, 0.2) is 24.4 Å². The number of aliphatic hydroxyl groups is 1. The van der Waals surface area contributed by atoms with E-state index in [1.165, 1.54) is 18.0 Å². The SMILES string of the molecule is CC(=O)N1CCC[C@@H](CO)Nc2nc1ncc2OCc1cccc(C#N)n1. The van der Waals surface area contributed by atoms with Gasteiger partial charge in [-0.25, -0.2) is 9.97 Å². The van der Waals surface area contributed by atoms with Gasteiger partial charge in [-0.05, 0) is 25.0 Å². The van der Waals surface area contributed by atoms with Crippen molar-refractivity contribution in [2.75, 3.05) is 23.4 Å². The first-order valence-corrected chi connectivity index (χ1v) is 8.62. The Morgan fingerprint density at radius 3 is 3.07 bits per heavy atom. The second-order valence-corrected chi connectivity index (χ2v) is 6.13. The molecule has 0 aliphatic carbocycles. The van der Waals surface area contributed by atoms with Crippen molar-refractivity contribution in [1.82, 2.24) is 15.0 Å². The van der Waals surface area contributed by atoms with Crippen molar-refractivity contribution in [3.63, 3.8) is 0 Å². The van der Waals surface area contributed by atoms with E-state index in [0.29, 0.717) is 48.3 Å². The lowest BCUT2D eigenvalue weighted by molar-refractivity contribution is -0.116. The molecule has 140 valence electrons. The van der Waals surface area contributed by atoms with Crippen LogP contribution in [0.1, 0.15) is 31.2 Å². The van der Waals surface area contributed by atoms with Gasteiger partial charge in [0, 0.05) is 13.5 Å². The first-order valence-electron chi connectivity index (χ1n) is 8.62. The van der Waals surface area contributed by atoms with E-state index >= 15 is 0 Å². The fourth-order valence-electron chi connectivity index (χ4n) is 2.77. The second-order valence-electron chi connectivity index (χ2n) is 6.13. The molecule has 1 aliphatic heterocycles. The number of pyridine rings is 1. The maximum Gasteiger partial charge on any atom is 0.234 e. The van der Waals surface area contributed by atoms with Gasteiger partial charge >= 0.3 is 0 Å². The quantitative estimate of drug-likeness (QED) is 0.826. The normalized spacial score (nSPS) is 16.3. The molecule has 0 radical (unpaired) electrons. The summed E-state index contributed by atoms with van der Waals surface area (Å²) in [6.45, 7) is 2.02. The predicted octanol–water partition coefficient (Wildman–Crippen LogP) is 1.24. The minimum Gasteiger partial charge on any atom is -0.482 e. The summed E-state index contributed by atoms with van der Waals surface area (Å²) in [5.74, 6) is 0.936. The highest BCUT2D eigenvalue weighted by molar-refractivity contribution is 5.89. The number of nitriles is 1. The number of carbonyl (C=O) groups excluding carboxylic acids is 1. The van der Waals surface area contributed by atoms with Gasteiger partial charge < -0.3 is 15.2 Å². The third kappa shape index (κ3) is 4.48. The van der Waals surface area contributed by atoms with Crippen LogP contribution in [0.3, 0.4) is 0 Å². The highest BCUT2D eigenvalue weighted by Crippen LogP contribution is 2.27. The Morgan fingerprint density at radius 2 is 2.33 bits per heavy atom. The van der Waals surface area contributed by atoms with Gasteiger partial charge in [0.2, 0.25) is 11.9 Å². The summed E-state index contributed by atoms with van der Waals surface area (Å²) >= 11 is 0. The molecule has 3 heterocycles. The molecule has 1 amide bonds. The summed E-state index contributed by atoms with van der Waals surface area (Å²) in [4.78, 5) is 26.2. The van der Waals surface area contributed by atoms with Crippen LogP contribution in [-0.4, -0.2) is 45.2 Å². The van der Waals surface area contributed by atoms with Gasteiger partial charge in [0.1, 0.15) is 18.4 Å². The number of carbonyl (C=O) groups is 1. The van der Waals surface area contributed by atoms with Crippen LogP contribution in [0.4, 0.5) is 11.8 Å². The molecule has 0 saturated heterocycles. The van der Waals surface area contributed by atoms with Crippen LogP contribution < -0.4 is 15.0 Å². The molecule has 2 aromatic heterocycles. The average molecular weight is 368 g/mol. The first-order chi connectivity index (χ1) is 13.1. The average Bonchev–Trinajstić information content (AvgIpc) is 2.75. The maximum absolute atomic E-state index is 11.9. The van der Waals surface area contributed by atoms with Crippen molar-refractivity contribution < 1.29 is 14.6 Å². The Labute approximate surface area is 156 Å². The summed E-state index contributed by atoms with van der Waals surface area (Å²) in [5, 5.41) is 21.7. The molecule has 1 aliphatic rings. The van der Waals surface area contributed by atoms with Crippen molar-refractivity contribution in [3.8, 4) is 11.8 Å². The van der Waals surface area contributed by atoms with Crippen molar-refractivity contribution in [3.05, 3.63) is 35.8 Å². The zero-order valence-electron chi connectivity index (χ0n) is 14.9. The molecule has 1 atom stereocenters. The van der Waals surface area contributed by atoms with Crippen molar-refractivity contribution in [2.45, 2.75) is 32.4 Å². The number of aromatic nitrogens is 3. The maximum atomic E-state index is 11.9. The van der Waals surface area contributed by atoms with Crippen molar-refractivity contribution >= 4 is 17.7 Å². The molecular formula is C18H20N6O3. The Kier molecular flexibility index (Phi) is 5.78. The summed E-state index contributed by atoms with van der Waals surface area (Å²) in [7, 11) is 0. The van der Waals surface area contributed by atoms with Gasteiger partial charge in [0.25, 0.3) is 0 Å². The van der Waals surface area contributed by atoms with Crippen LogP contribution in [-0.2, 0) is 11.4 Å². The lowest BCUT2D eigenvalue weighted by Crippen LogP contribution is -2.31. The molecule has 2 aromatic rings. The third-order valence-corrected chi connectivity index (χ3v) is 4.16. The minimum atomic E-state index is -0.206. The summed E-state index contributed by atoms with van der Waals surface area (Å²) < 4.78 is 5.78. The molecule has 9 nitrogen and oxygen atoms in total. The fourth-order valence-corrected chi connectivity index (χ4v) is 2.77. The van der Waals surface area contributed by atoms with Crippen LogP contribution >= 0.6 is 0 Å². The lowest BCUT2D eigenvalue weighted by atomic mass is 10.1. The standard InChI is InChI=1S/C18H20N6O3/c1-12(26)24-7-3-6-14(10-25)22-17-16(9-20-18(24)23-17)27-11-15-5-2-4-13(8-19)21-15/h2,4-5,9,14,25H,3,6-7,10-11H2,1H3,(H,20,22,23)/t14-/m0/s1. The molecule has 0 fully saturated rings. The first kappa shape index (κ1) is 18.5. The number of fused-ring (bicyclic) bond motifs is 2. The summed E-state index contributed by atoms with van der Waals surface area (Å²) in [6, 6.07) is 6.89. The van der Waals surface area contributed by atoms with Gasteiger partial charge in [0.15, 0.2) is 11.6 Å². The number of nitrogens with one attached hydrogen (secondary N) is 1. The summed E-state index contributed by atoms with van der Waals surface area (Å²) in [6.07, 6.45) is 2.88. The molecule has 0 aromatic carbocycles. The Morgan fingerprint density at radius 1 is 1.48 bits per heavy atom. The van der Waals surface area contributed by atoms with Crippen LogP contribution in [0, 0.1) is 11.3 Å². The number of amides is 1. The van der Waals surface area contributed by atoms with E-state index in [-0.39, 0.29) is 25.2 Å². The highest BCUT2D eigenvalue weighted by atomic mass is 16.5. The molecule has 2 N–H and O–H groups in total. The number of nitrogens with zero attached hydrogens (tertiary/aromatic N) is 5. The number of ether oxygens (including phenoxy) is 1. The van der Waals surface area contributed by atoms with E-state index in [2.05, 4.69) is 20.3 Å². The summed E-state index contributed by atoms with van der Waals surface area (Å²) in [5.41, 5.74) is 0.904. The zero-order valence-corrected chi connectivity index (χ0v) is 14.9. The van der Waals surface area contributed by atoms with Gasteiger partial charge in [-0.1, -0.05) is 6.07 Å². The molecule has 0 spiro atoms. The molecule has 9 heteroatoms. The van der Waals surface area contributed by atoms with Crippen LogP contribution in [0.2, 0.25) is 0 Å². The fraction of sp³-hybridized carbons (Fsp3) is 0.389. The van der Waals surface area contributed by atoms with Gasteiger partial charge in [-0.15, -0.1) is 0 Å². The minimum absolute atomic E-state index is 0.0649. The van der Waals surface area contributed by atoms with Gasteiger partial charge in [0.05, 0.1) is 24.5 Å². The van der Waals surface area contributed by atoms with Crippen molar-refractivity contribution in [1.29, 1.82) is 5.26 Å². The van der Waals surface area contributed by atoms with Crippen molar-refractivity contribution in [2.24, 2.45) is 0 Å². The molecule has 0 saturated carbocycles. The lowest BCUT2D eigenvalue weighted by Gasteiger charge is -2.19. The third-order valence-electron chi connectivity index (χ3n) is 4.16. The van der Waals surface area contributed by atoms with Gasteiger partial charge in [-0.3, -0.25) is 9.69 Å². The topological polar surface area (TPSA) is 124 Å². The number of rotatable bonds is 4. The predicted molar refractivity (Wildman–Crippen MR) is 97.1 cm³/mol. The zero-order chi connectivity index (χ0) is 19.2. The second kappa shape index (κ2) is 8.42. The molecule has 3 rings (SSSR count). The molecule has 2 bridgehead atoms. The smallest absolute Gasteiger partial charge is 0.234 e. The molecule has 27 heavy (non-hydrogen) atoms. The van der Waals surface area contributed by atoms with Crippen LogP contribution in [0.25, 0.3) is 0 Å². The molecule has 0 unspecified atom stereocenters. The Bertz CT molecular complexity index is 866. The van der Waals surface area contributed by atoms with E-state index in [4.69, 9.17) is 10.00 Å². The van der Waals surface area contributed by atoms with E-state index in [9.17, 15) is 9.90 Å². The van der Waals surface area contributed by atoms with Crippen LogP contribution in [0.5, 0.6) is 5.75 Å². The number of hydrogen-bond donors (Lipinski definition) is 2. The Hall–Kier alpha value is -3.25. The number of hydrogen-bond acceptors (Lipinski definition) is 8. The van der Waals surface area contributed by atoms with E-state index in [0.717, 1.165) is 0 Å². The number of aliphatic hydroxyl groups excluding tert-OH is 1. The molecular weight excluding hydrogens is 348 g/mol. The largest absolute Gasteiger partial charge is 0.482 e. The monoisotopic (exact) mass is 368 g/mol. The van der Waals surface area contributed by atoms with E-state index < -0.39 is 0 Å². The van der Waals surface area contributed by atoms with Gasteiger partial charge in [-0.2, -0.15) is 10.2 Å². The Balaban J connectivity index is 1.86.